The molecular formula is C13H18BrNO2. The van der Waals surface area contributed by atoms with Crippen LogP contribution in [0.4, 0.5) is 0 Å². The van der Waals surface area contributed by atoms with Crippen molar-refractivity contribution in [2.75, 3.05) is 20.8 Å². The van der Waals surface area contributed by atoms with Gasteiger partial charge in [0.05, 0.1) is 14.2 Å². The number of benzene rings is 1. The second kappa shape index (κ2) is 5.74. The highest BCUT2D eigenvalue weighted by Crippen LogP contribution is 2.37. The first-order chi connectivity index (χ1) is 8.26. The Kier molecular flexibility index (Phi) is 4.29. The van der Waals surface area contributed by atoms with Gasteiger partial charge in [-0.3, -0.25) is 0 Å². The van der Waals surface area contributed by atoms with Crippen LogP contribution in [0.2, 0.25) is 0 Å². The standard InChI is InChI=1S/C13H18BrNO2/c1-16-11-6-3-9(13(17-2)12(11)14)7-8-15-10-4-5-10/h3,6,10,15H,4-5,7-8H2,1-2H3. The Balaban J connectivity index is 2.06. The average molecular weight is 300 g/mol. The zero-order valence-electron chi connectivity index (χ0n) is 10.3. The molecule has 0 radical (unpaired) electrons. The SMILES string of the molecule is COc1ccc(CCNC2CC2)c(OC)c1Br. The van der Waals surface area contributed by atoms with Crippen molar-refractivity contribution in [2.24, 2.45) is 0 Å². The van der Waals surface area contributed by atoms with Crippen molar-refractivity contribution in [3.8, 4) is 11.5 Å². The third-order valence-electron chi connectivity index (χ3n) is 2.97. The van der Waals surface area contributed by atoms with Crippen LogP contribution in [0.1, 0.15) is 18.4 Å². The molecule has 0 unspecified atom stereocenters. The van der Waals surface area contributed by atoms with Gasteiger partial charge in [-0.1, -0.05) is 6.07 Å². The normalized spacial score (nSPS) is 14.8. The fourth-order valence-electron chi connectivity index (χ4n) is 1.85. The van der Waals surface area contributed by atoms with E-state index in [-0.39, 0.29) is 0 Å². The van der Waals surface area contributed by atoms with Crippen LogP contribution in [-0.4, -0.2) is 26.8 Å². The van der Waals surface area contributed by atoms with Gasteiger partial charge in [0, 0.05) is 6.04 Å². The summed E-state index contributed by atoms with van der Waals surface area (Å²) in [5.74, 6) is 1.68. The van der Waals surface area contributed by atoms with E-state index < -0.39 is 0 Å². The molecule has 1 aliphatic carbocycles. The van der Waals surface area contributed by atoms with Crippen LogP contribution < -0.4 is 14.8 Å². The van der Waals surface area contributed by atoms with Crippen molar-refractivity contribution >= 4 is 15.9 Å². The first-order valence-corrected chi connectivity index (χ1v) is 6.68. The van der Waals surface area contributed by atoms with E-state index in [2.05, 4.69) is 27.3 Å². The smallest absolute Gasteiger partial charge is 0.140 e. The maximum Gasteiger partial charge on any atom is 0.140 e. The molecule has 0 amide bonds. The summed E-state index contributed by atoms with van der Waals surface area (Å²) in [5.41, 5.74) is 1.20. The molecule has 94 valence electrons. The summed E-state index contributed by atoms with van der Waals surface area (Å²) < 4.78 is 11.6. The van der Waals surface area contributed by atoms with Crippen LogP contribution in [0.25, 0.3) is 0 Å². The van der Waals surface area contributed by atoms with Crippen molar-refractivity contribution in [3.63, 3.8) is 0 Å². The highest BCUT2D eigenvalue weighted by molar-refractivity contribution is 9.10. The Bertz CT molecular complexity index is 391. The molecule has 0 spiro atoms. The van der Waals surface area contributed by atoms with Gasteiger partial charge in [0.15, 0.2) is 0 Å². The monoisotopic (exact) mass is 299 g/mol. The molecule has 0 heterocycles. The van der Waals surface area contributed by atoms with E-state index in [4.69, 9.17) is 9.47 Å². The van der Waals surface area contributed by atoms with Crippen molar-refractivity contribution < 1.29 is 9.47 Å². The molecule has 3 nitrogen and oxygen atoms in total. The van der Waals surface area contributed by atoms with Crippen LogP contribution in [0, 0.1) is 0 Å². The lowest BCUT2D eigenvalue weighted by Gasteiger charge is -2.13. The van der Waals surface area contributed by atoms with Gasteiger partial charge in [-0.25, -0.2) is 0 Å². The van der Waals surface area contributed by atoms with Crippen molar-refractivity contribution in [2.45, 2.75) is 25.3 Å². The van der Waals surface area contributed by atoms with Gasteiger partial charge in [-0.2, -0.15) is 0 Å². The fourth-order valence-corrected chi connectivity index (χ4v) is 2.56. The number of ether oxygens (including phenoxy) is 2. The predicted octanol–water partition coefficient (Wildman–Crippen LogP) is 2.76. The molecule has 0 aliphatic heterocycles. The molecule has 1 fully saturated rings. The summed E-state index contributed by atoms with van der Waals surface area (Å²) in [6.07, 6.45) is 3.62. The van der Waals surface area contributed by atoms with E-state index in [0.29, 0.717) is 0 Å². The molecule has 1 aliphatic rings. The Morgan fingerprint density at radius 1 is 1.29 bits per heavy atom. The zero-order valence-corrected chi connectivity index (χ0v) is 11.8. The molecule has 0 bridgehead atoms. The van der Waals surface area contributed by atoms with Crippen LogP contribution in [0.3, 0.4) is 0 Å². The predicted molar refractivity (Wildman–Crippen MR) is 72.0 cm³/mol. The summed E-state index contributed by atoms with van der Waals surface area (Å²) in [7, 11) is 3.35. The van der Waals surface area contributed by atoms with E-state index >= 15 is 0 Å². The zero-order chi connectivity index (χ0) is 12.3. The summed E-state index contributed by atoms with van der Waals surface area (Å²) in [6, 6.07) is 4.79. The number of hydrogen-bond donors (Lipinski definition) is 1. The van der Waals surface area contributed by atoms with Gasteiger partial charge in [0.25, 0.3) is 0 Å². The highest BCUT2D eigenvalue weighted by atomic mass is 79.9. The van der Waals surface area contributed by atoms with E-state index in [1.165, 1.54) is 18.4 Å². The lowest BCUT2D eigenvalue weighted by Crippen LogP contribution is -2.19. The summed E-state index contributed by atoms with van der Waals surface area (Å²) >= 11 is 3.52. The maximum absolute atomic E-state index is 5.44. The lowest BCUT2D eigenvalue weighted by atomic mass is 10.1. The van der Waals surface area contributed by atoms with E-state index in [1.807, 2.05) is 6.07 Å². The Morgan fingerprint density at radius 3 is 2.65 bits per heavy atom. The van der Waals surface area contributed by atoms with E-state index in [9.17, 15) is 0 Å². The first kappa shape index (κ1) is 12.7. The highest BCUT2D eigenvalue weighted by Gasteiger charge is 2.20. The van der Waals surface area contributed by atoms with Crippen LogP contribution >= 0.6 is 15.9 Å². The second-order valence-corrected chi connectivity index (χ2v) is 5.05. The molecule has 0 aromatic heterocycles. The summed E-state index contributed by atoms with van der Waals surface area (Å²) in [5, 5.41) is 3.50. The van der Waals surface area contributed by atoms with Crippen molar-refractivity contribution in [3.05, 3.63) is 22.2 Å². The summed E-state index contributed by atoms with van der Waals surface area (Å²) in [4.78, 5) is 0. The fraction of sp³-hybridized carbons (Fsp3) is 0.538. The van der Waals surface area contributed by atoms with E-state index in [0.717, 1.165) is 35.0 Å². The Morgan fingerprint density at radius 2 is 2.06 bits per heavy atom. The largest absolute Gasteiger partial charge is 0.495 e. The number of methoxy groups -OCH3 is 2. The summed E-state index contributed by atoms with van der Waals surface area (Å²) in [6.45, 7) is 1.000. The number of halogens is 1. The minimum atomic E-state index is 0.752. The van der Waals surface area contributed by atoms with E-state index in [1.54, 1.807) is 14.2 Å². The van der Waals surface area contributed by atoms with Gasteiger partial charge >= 0.3 is 0 Å². The lowest BCUT2D eigenvalue weighted by molar-refractivity contribution is 0.386. The third kappa shape index (κ3) is 3.13. The molecule has 2 rings (SSSR count). The second-order valence-electron chi connectivity index (χ2n) is 4.25. The molecule has 0 atom stereocenters. The average Bonchev–Trinajstić information content (AvgIpc) is 3.13. The minimum Gasteiger partial charge on any atom is -0.495 e. The van der Waals surface area contributed by atoms with Gasteiger partial charge < -0.3 is 14.8 Å². The number of nitrogens with one attached hydrogen (secondary N) is 1. The maximum atomic E-state index is 5.44. The minimum absolute atomic E-state index is 0.752. The molecule has 1 N–H and O–H groups in total. The van der Waals surface area contributed by atoms with Gasteiger partial charge in [0.1, 0.15) is 16.0 Å². The van der Waals surface area contributed by atoms with Crippen LogP contribution in [0.15, 0.2) is 16.6 Å². The third-order valence-corrected chi connectivity index (χ3v) is 3.72. The number of rotatable bonds is 6. The first-order valence-electron chi connectivity index (χ1n) is 5.89. The Labute approximate surface area is 111 Å². The molecule has 0 saturated heterocycles. The molecular weight excluding hydrogens is 282 g/mol. The molecule has 4 heteroatoms. The van der Waals surface area contributed by atoms with Crippen LogP contribution in [-0.2, 0) is 6.42 Å². The van der Waals surface area contributed by atoms with Gasteiger partial charge in [-0.15, -0.1) is 0 Å². The molecule has 1 aromatic carbocycles. The quantitative estimate of drug-likeness (QED) is 0.876. The molecule has 1 aromatic rings. The van der Waals surface area contributed by atoms with Gasteiger partial charge in [-0.05, 0) is 53.4 Å². The molecule has 1 saturated carbocycles. The topological polar surface area (TPSA) is 30.5 Å². The number of hydrogen-bond acceptors (Lipinski definition) is 3. The van der Waals surface area contributed by atoms with Crippen LogP contribution in [0.5, 0.6) is 11.5 Å². The Hall–Kier alpha value is -0.740. The van der Waals surface area contributed by atoms with Crippen molar-refractivity contribution in [1.29, 1.82) is 0 Å². The van der Waals surface area contributed by atoms with Gasteiger partial charge in [0.2, 0.25) is 0 Å². The van der Waals surface area contributed by atoms with Crippen molar-refractivity contribution in [1.82, 2.24) is 5.32 Å². The molecule has 17 heavy (non-hydrogen) atoms.